The number of nitrogens with one attached hydrogen (secondary N) is 1. The zero-order chi connectivity index (χ0) is 12.0. The van der Waals surface area contributed by atoms with Crippen molar-refractivity contribution in [3.8, 4) is 0 Å². The van der Waals surface area contributed by atoms with Gasteiger partial charge in [0.05, 0.1) is 13.5 Å². The Morgan fingerprint density at radius 1 is 1.38 bits per heavy atom. The first-order valence-electron chi connectivity index (χ1n) is 5.50. The molecule has 0 aromatic heterocycles. The van der Waals surface area contributed by atoms with Crippen LogP contribution in [0.25, 0.3) is 0 Å². The van der Waals surface area contributed by atoms with Crippen LogP contribution in [0.5, 0.6) is 0 Å². The highest BCUT2D eigenvalue weighted by molar-refractivity contribution is 5.69. The topological polar surface area (TPSA) is 38.3 Å². The number of carbonyl (C=O) groups excluding carboxylic acids is 1. The molecule has 0 saturated carbocycles. The highest BCUT2D eigenvalue weighted by atomic mass is 16.5. The van der Waals surface area contributed by atoms with Crippen LogP contribution in [0.1, 0.15) is 30.5 Å². The Kier molecular flexibility index (Phi) is 4.99. The summed E-state index contributed by atoms with van der Waals surface area (Å²) in [5, 5.41) is 3.28. The summed E-state index contributed by atoms with van der Waals surface area (Å²) >= 11 is 0. The van der Waals surface area contributed by atoms with Gasteiger partial charge in [0.25, 0.3) is 0 Å². The maximum atomic E-state index is 10.9. The molecule has 1 rings (SSSR count). The third-order valence-electron chi connectivity index (χ3n) is 2.58. The van der Waals surface area contributed by atoms with Crippen molar-refractivity contribution in [2.24, 2.45) is 0 Å². The zero-order valence-corrected chi connectivity index (χ0v) is 10.1. The first kappa shape index (κ1) is 12.7. The van der Waals surface area contributed by atoms with Gasteiger partial charge in [0.2, 0.25) is 0 Å². The highest BCUT2D eigenvalue weighted by Gasteiger charge is 2.05. The summed E-state index contributed by atoms with van der Waals surface area (Å²) in [4.78, 5) is 10.9. The minimum absolute atomic E-state index is 0.177. The van der Waals surface area contributed by atoms with Crippen molar-refractivity contribution in [1.82, 2.24) is 5.32 Å². The Bertz CT molecular complexity index is 332. The van der Waals surface area contributed by atoms with Crippen molar-refractivity contribution in [2.75, 3.05) is 13.7 Å². The molecule has 0 heterocycles. The molecule has 0 spiro atoms. The highest BCUT2D eigenvalue weighted by Crippen LogP contribution is 2.12. The number of benzene rings is 1. The molecule has 0 radical (unpaired) electrons. The molecule has 0 aliphatic rings. The third kappa shape index (κ3) is 4.03. The van der Waals surface area contributed by atoms with Crippen LogP contribution in [0, 0.1) is 6.92 Å². The number of carbonyl (C=O) groups is 1. The van der Waals surface area contributed by atoms with Crippen LogP contribution in [-0.2, 0) is 9.53 Å². The van der Waals surface area contributed by atoms with Crippen molar-refractivity contribution in [1.29, 1.82) is 0 Å². The largest absolute Gasteiger partial charge is 0.469 e. The standard InChI is InChI=1S/C13H19NO2/c1-10-4-6-12(7-5-10)11(2)14-9-8-13(15)16-3/h4-7,11,14H,8-9H2,1-3H3/t11-/m0/s1. The van der Waals surface area contributed by atoms with Gasteiger partial charge in [-0.15, -0.1) is 0 Å². The molecule has 0 aliphatic heterocycles. The van der Waals surface area contributed by atoms with Gasteiger partial charge in [-0.3, -0.25) is 4.79 Å². The number of methoxy groups -OCH3 is 1. The van der Waals surface area contributed by atoms with Crippen LogP contribution in [0.4, 0.5) is 0 Å². The molecule has 0 saturated heterocycles. The Morgan fingerprint density at radius 2 is 2.00 bits per heavy atom. The molecule has 16 heavy (non-hydrogen) atoms. The van der Waals surface area contributed by atoms with Crippen molar-refractivity contribution >= 4 is 5.97 Å². The fourth-order valence-corrected chi connectivity index (χ4v) is 1.47. The van der Waals surface area contributed by atoms with Gasteiger partial charge >= 0.3 is 5.97 Å². The van der Waals surface area contributed by atoms with Crippen LogP contribution < -0.4 is 5.32 Å². The summed E-state index contributed by atoms with van der Waals surface area (Å²) in [5.74, 6) is -0.177. The second kappa shape index (κ2) is 6.28. The minimum atomic E-state index is -0.177. The van der Waals surface area contributed by atoms with Crippen molar-refractivity contribution in [3.05, 3.63) is 35.4 Å². The van der Waals surface area contributed by atoms with E-state index in [1.165, 1.54) is 18.2 Å². The summed E-state index contributed by atoms with van der Waals surface area (Å²) < 4.78 is 4.57. The average Bonchev–Trinajstić information content (AvgIpc) is 2.29. The van der Waals surface area contributed by atoms with E-state index in [4.69, 9.17) is 0 Å². The van der Waals surface area contributed by atoms with E-state index in [1.807, 2.05) is 0 Å². The second-order valence-corrected chi connectivity index (χ2v) is 3.91. The molecule has 1 aromatic carbocycles. The van der Waals surface area contributed by atoms with Crippen LogP contribution in [0.2, 0.25) is 0 Å². The number of aryl methyl sites for hydroxylation is 1. The predicted octanol–water partition coefficient (Wildman–Crippen LogP) is 2.21. The van der Waals surface area contributed by atoms with Gasteiger partial charge in [-0.25, -0.2) is 0 Å². The van der Waals surface area contributed by atoms with Crippen LogP contribution in [-0.4, -0.2) is 19.6 Å². The molecule has 1 aromatic rings. The molecule has 1 atom stereocenters. The SMILES string of the molecule is COC(=O)CCN[C@@H](C)c1ccc(C)cc1. The summed E-state index contributed by atoms with van der Waals surface area (Å²) in [7, 11) is 1.41. The van der Waals surface area contributed by atoms with Crippen LogP contribution in [0.3, 0.4) is 0 Å². The third-order valence-corrected chi connectivity index (χ3v) is 2.58. The van der Waals surface area contributed by atoms with E-state index in [0.29, 0.717) is 13.0 Å². The van der Waals surface area contributed by atoms with E-state index in [9.17, 15) is 4.79 Å². The van der Waals surface area contributed by atoms with Gasteiger partial charge in [0, 0.05) is 12.6 Å². The van der Waals surface area contributed by atoms with E-state index in [0.717, 1.165) is 0 Å². The number of hydrogen-bond donors (Lipinski definition) is 1. The molecule has 0 unspecified atom stereocenters. The van der Waals surface area contributed by atoms with Gasteiger partial charge in [-0.1, -0.05) is 29.8 Å². The molecule has 3 heteroatoms. The molecular weight excluding hydrogens is 202 g/mol. The van der Waals surface area contributed by atoms with Gasteiger partial charge in [0.15, 0.2) is 0 Å². The number of hydrogen-bond acceptors (Lipinski definition) is 3. The van der Waals surface area contributed by atoms with E-state index in [1.54, 1.807) is 0 Å². The molecular formula is C13H19NO2. The quantitative estimate of drug-likeness (QED) is 0.775. The van der Waals surface area contributed by atoms with Crippen molar-refractivity contribution in [3.63, 3.8) is 0 Å². The van der Waals surface area contributed by atoms with E-state index >= 15 is 0 Å². The molecule has 0 amide bonds. The molecule has 3 nitrogen and oxygen atoms in total. The summed E-state index contributed by atoms with van der Waals surface area (Å²) in [6.07, 6.45) is 0.409. The lowest BCUT2D eigenvalue weighted by Crippen LogP contribution is -2.22. The van der Waals surface area contributed by atoms with Crippen molar-refractivity contribution in [2.45, 2.75) is 26.3 Å². The monoisotopic (exact) mass is 221 g/mol. The zero-order valence-electron chi connectivity index (χ0n) is 10.1. The Labute approximate surface area is 96.8 Å². The fourth-order valence-electron chi connectivity index (χ4n) is 1.47. The Morgan fingerprint density at radius 3 is 2.56 bits per heavy atom. The minimum Gasteiger partial charge on any atom is -0.469 e. The van der Waals surface area contributed by atoms with Gasteiger partial charge in [-0.2, -0.15) is 0 Å². The van der Waals surface area contributed by atoms with E-state index < -0.39 is 0 Å². The summed E-state index contributed by atoms with van der Waals surface area (Å²) in [5.41, 5.74) is 2.49. The maximum absolute atomic E-state index is 10.9. The average molecular weight is 221 g/mol. The lowest BCUT2D eigenvalue weighted by Gasteiger charge is -2.13. The Hall–Kier alpha value is -1.35. The van der Waals surface area contributed by atoms with Crippen LogP contribution >= 0.6 is 0 Å². The smallest absolute Gasteiger partial charge is 0.306 e. The van der Waals surface area contributed by atoms with Crippen molar-refractivity contribution < 1.29 is 9.53 Å². The first-order valence-corrected chi connectivity index (χ1v) is 5.50. The molecule has 0 bridgehead atoms. The van der Waals surface area contributed by atoms with Gasteiger partial charge in [0.1, 0.15) is 0 Å². The van der Waals surface area contributed by atoms with Crippen LogP contribution in [0.15, 0.2) is 24.3 Å². The molecule has 1 N–H and O–H groups in total. The first-order chi connectivity index (χ1) is 7.63. The maximum Gasteiger partial charge on any atom is 0.306 e. The van der Waals surface area contributed by atoms with E-state index in [-0.39, 0.29) is 12.0 Å². The number of rotatable bonds is 5. The summed E-state index contributed by atoms with van der Waals surface area (Å²) in [6.45, 7) is 4.79. The molecule has 0 aliphatic carbocycles. The lowest BCUT2D eigenvalue weighted by atomic mass is 10.1. The molecule has 0 fully saturated rings. The lowest BCUT2D eigenvalue weighted by molar-refractivity contribution is -0.140. The normalized spacial score (nSPS) is 12.2. The summed E-state index contributed by atoms with van der Waals surface area (Å²) in [6, 6.07) is 8.64. The van der Waals surface area contributed by atoms with Gasteiger partial charge < -0.3 is 10.1 Å². The second-order valence-electron chi connectivity index (χ2n) is 3.91. The fraction of sp³-hybridized carbons (Fsp3) is 0.462. The predicted molar refractivity (Wildman–Crippen MR) is 64.2 cm³/mol. The Balaban J connectivity index is 2.37. The molecule has 88 valence electrons. The van der Waals surface area contributed by atoms with Gasteiger partial charge in [-0.05, 0) is 19.4 Å². The number of ether oxygens (including phenoxy) is 1. The van der Waals surface area contributed by atoms with E-state index in [2.05, 4.69) is 48.2 Å². The number of esters is 1.